The van der Waals surface area contributed by atoms with E-state index >= 15 is 0 Å². The molecular formula is C21H28F2N2O2. The number of likely N-dealkylation sites (tertiary alicyclic amines) is 1. The van der Waals surface area contributed by atoms with Crippen LogP contribution in [0.15, 0.2) is 18.2 Å². The Kier molecular flexibility index (Phi) is 6.80. The van der Waals surface area contributed by atoms with E-state index < -0.39 is 11.6 Å². The third kappa shape index (κ3) is 5.50. The second kappa shape index (κ2) is 9.29. The average molecular weight is 378 g/mol. The van der Waals surface area contributed by atoms with E-state index in [1.165, 1.54) is 6.42 Å². The number of halogens is 2. The average Bonchev–Trinajstić information content (AvgIpc) is 2.69. The van der Waals surface area contributed by atoms with Gasteiger partial charge in [-0.1, -0.05) is 19.3 Å². The minimum absolute atomic E-state index is 0.0515. The number of benzene rings is 1. The number of piperidine rings is 1. The van der Waals surface area contributed by atoms with Crippen molar-refractivity contribution in [1.29, 1.82) is 0 Å². The van der Waals surface area contributed by atoms with Gasteiger partial charge in [-0.05, 0) is 55.9 Å². The molecule has 27 heavy (non-hydrogen) atoms. The van der Waals surface area contributed by atoms with Gasteiger partial charge in [-0.25, -0.2) is 8.78 Å². The van der Waals surface area contributed by atoms with Crippen LogP contribution in [-0.4, -0.2) is 35.8 Å². The zero-order valence-corrected chi connectivity index (χ0v) is 15.7. The van der Waals surface area contributed by atoms with Gasteiger partial charge in [0.2, 0.25) is 11.8 Å². The van der Waals surface area contributed by atoms with Crippen molar-refractivity contribution in [2.24, 2.45) is 5.92 Å². The summed E-state index contributed by atoms with van der Waals surface area (Å²) in [6.45, 7) is 1.04. The Hall–Kier alpha value is -1.98. The van der Waals surface area contributed by atoms with Crippen LogP contribution in [0.25, 0.3) is 0 Å². The number of hydrogen-bond acceptors (Lipinski definition) is 2. The fraction of sp³-hybridized carbons (Fsp3) is 0.619. The van der Waals surface area contributed by atoms with Gasteiger partial charge in [-0.15, -0.1) is 0 Å². The third-order valence-electron chi connectivity index (χ3n) is 5.71. The van der Waals surface area contributed by atoms with Gasteiger partial charge >= 0.3 is 0 Å². The Bertz CT molecular complexity index is 674. The molecule has 1 saturated heterocycles. The highest BCUT2D eigenvalue weighted by atomic mass is 19.1. The second-order valence-corrected chi connectivity index (χ2v) is 7.76. The number of amides is 2. The molecule has 1 heterocycles. The van der Waals surface area contributed by atoms with Crippen molar-refractivity contribution in [1.82, 2.24) is 10.2 Å². The number of aryl methyl sites for hydroxylation is 1. The van der Waals surface area contributed by atoms with Crippen molar-refractivity contribution in [3.8, 4) is 0 Å². The number of hydrogen-bond donors (Lipinski definition) is 1. The summed E-state index contributed by atoms with van der Waals surface area (Å²) in [5.74, 6) is -1.22. The lowest BCUT2D eigenvalue weighted by Crippen LogP contribution is -2.48. The van der Waals surface area contributed by atoms with E-state index in [0.29, 0.717) is 13.1 Å². The topological polar surface area (TPSA) is 49.4 Å². The molecule has 0 aromatic heterocycles. The van der Waals surface area contributed by atoms with Gasteiger partial charge in [0.05, 0.1) is 5.92 Å². The molecular weight excluding hydrogens is 350 g/mol. The molecule has 2 amide bonds. The van der Waals surface area contributed by atoms with Gasteiger partial charge in [0, 0.05) is 25.6 Å². The van der Waals surface area contributed by atoms with Crippen LogP contribution in [-0.2, 0) is 16.0 Å². The molecule has 2 aliphatic rings. The number of nitrogens with one attached hydrogen (secondary N) is 1. The van der Waals surface area contributed by atoms with Gasteiger partial charge in [0.15, 0.2) is 0 Å². The normalized spacial score (nSPS) is 21.1. The number of carbonyl (C=O) groups is 2. The lowest BCUT2D eigenvalue weighted by molar-refractivity contribution is -0.136. The van der Waals surface area contributed by atoms with Crippen LogP contribution in [0.4, 0.5) is 8.78 Å². The fourth-order valence-electron chi connectivity index (χ4n) is 4.12. The smallest absolute Gasteiger partial charge is 0.225 e. The number of nitrogens with zero attached hydrogens (tertiary/aromatic N) is 1. The van der Waals surface area contributed by atoms with Crippen LogP contribution < -0.4 is 5.32 Å². The lowest BCUT2D eigenvalue weighted by Gasteiger charge is -2.33. The maximum Gasteiger partial charge on any atom is 0.225 e. The number of carbonyl (C=O) groups excluding carboxylic acids is 2. The minimum atomic E-state index is -0.503. The van der Waals surface area contributed by atoms with Crippen molar-refractivity contribution < 1.29 is 18.4 Å². The molecule has 1 N–H and O–H groups in total. The molecule has 3 rings (SSSR count). The van der Waals surface area contributed by atoms with Gasteiger partial charge in [0.25, 0.3) is 0 Å². The Morgan fingerprint density at radius 3 is 2.63 bits per heavy atom. The molecule has 0 bridgehead atoms. The molecule has 1 unspecified atom stereocenters. The highest BCUT2D eigenvalue weighted by molar-refractivity contribution is 5.81. The van der Waals surface area contributed by atoms with Crippen molar-refractivity contribution in [3.63, 3.8) is 0 Å². The van der Waals surface area contributed by atoms with Crippen molar-refractivity contribution in [2.45, 2.75) is 63.8 Å². The summed E-state index contributed by atoms with van der Waals surface area (Å²) in [4.78, 5) is 26.8. The van der Waals surface area contributed by atoms with Gasteiger partial charge in [-0.2, -0.15) is 0 Å². The van der Waals surface area contributed by atoms with E-state index in [2.05, 4.69) is 5.32 Å². The highest BCUT2D eigenvalue weighted by Gasteiger charge is 2.29. The first kappa shape index (κ1) is 19.8. The summed E-state index contributed by atoms with van der Waals surface area (Å²) in [6, 6.07) is 3.56. The van der Waals surface area contributed by atoms with Gasteiger partial charge in [-0.3, -0.25) is 9.59 Å². The summed E-state index contributed by atoms with van der Waals surface area (Å²) in [7, 11) is 0. The van der Waals surface area contributed by atoms with Crippen LogP contribution >= 0.6 is 0 Å². The van der Waals surface area contributed by atoms with E-state index in [4.69, 9.17) is 0 Å². The van der Waals surface area contributed by atoms with Crippen LogP contribution in [0.5, 0.6) is 0 Å². The van der Waals surface area contributed by atoms with E-state index in [1.54, 1.807) is 4.90 Å². The largest absolute Gasteiger partial charge is 0.353 e. The zero-order valence-electron chi connectivity index (χ0n) is 15.7. The summed E-state index contributed by atoms with van der Waals surface area (Å²) >= 11 is 0. The molecule has 1 atom stereocenters. The van der Waals surface area contributed by atoms with Crippen LogP contribution in [0.1, 0.15) is 56.9 Å². The first-order valence-corrected chi connectivity index (χ1v) is 10.0. The van der Waals surface area contributed by atoms with E-state index in [9.17, 15) is 18.4 Å². The number of rotatable bonds is 5. The van der Waals surface area contributed by atoms with Gasteiger partial charge < -0.3 is 10.2 Å². The van der Waals surface area contributed by atoms with Crippen molar-refractivity contribution >= 4 is 11.8 Å². The Morgan fingerprint density at radius 2 is 1.85 bits per heavy atom. The minimum Gasteiger partial charge on any atom is -0.353 e. The maximum absolute atomic E-state index is 13.7. The maximum atomic E-state index is 13.7. The fourth-order valence-corrected chi connectivity index (χ4v) is 4.12. The monoisotopic (exact) mass is 378 g/mol. The summed E-state index contributed by atoms with van der Waals surface area (Å²) < 4.78 is 27.0. The highest BCUT2D eigenvalue weighted by Crippen LogP contribution is 2.21. The second-order valence-electron chi connectivity index (χ2n) is 7.76. The first-order valence-electron chi connectivity index (χ1n) is 10.0. The lowest BCUT2D eigenvalue weighted by atomic mass is 9.93. The standard InChI is InChI=1S/C21H28F2N2O2/c22-17-9-10-19(23)15(13-17)8-11-20(26)25-12-4-5-16(14-25)21(27)24-18-6-2-1-3-7-18/h9-10,13,16,18H,1-8,11-12,14H2,(H,24,27). The Labute approximate surface area is 159 Å². The molecule has 4 nitrogen and oxygen atoms in total. The molecule has 1 aromatic carbocycles. The zero-order chi connectivity index (χ0) is 19.2. The molecule has 1 aliphatic heterocycles. The Balaban J connectivity index is 1.50. The molecule has 6 heteroatoms. The summed E-state index contributed by atoms with van der Waals surface area (Å²) in [6.07, 6.45) is 7.53. The van der Waals surface area contributed by atoms with Crippen molar-refractivity contribution in [2.75, 3.05) is 13.1 Å². The van der Waals surface area contributed by atoms with Gasteiger partial charge in [0.1, 0.15) is 11.6 Å². The molecule has 1 aromatic rings. The predicted octanol–water partition coefficient (Wildman–Crippen LogP) is 3.58. The molecule has 0 spiro atoms. The molecule has 148 valence electrons. The Morgan fingerprint density at radius 1 is 1.07 bits per heavy atom. The third-order valence-corrected chi connectivity index (χ3v) is 5.71. The first-order chi connectivity index (χ1) is 13.0. The van der Waals surface area contributed by atoms with Crippen molar-refractivity contribution in [3.05, 3.63) is 35.4 Å². The summed E-state index contributed by atoms with van der Waals surface area (Å²) in [5, 5.41) is 3.15. The SMILES string of the molecule is O=C(NC1CCCCC1)C1CCCN(C(=O)CCc2cc(F)ccc2F)C1. The summed E-state index contributed by atoms with van der Waals surface area (Å²) in [5.41, 5.74) is 0.215. The van der Waals surface area contributed by atoms with E-state index in [0.717, 1.165) is 56.7 Å². The molecule has 1 aliphatic carbocycles. The van der Waals surface area contributed by atoms with Crippen LogP contribution in [0.2, 0.25) is 0 Å². The van der Waals surface area contributed by atoms with E-state index in [1.807, 2.05) is 0 Å². The molecule has 2 fully saturated rings. The van der Waals surface area contributed by atoms with Crippen LogP contribution in [0, 0.1) is 17.6 Å². The van der Waals surface area contributed by atoms with E-state index in [-0.39, 0.29) is 42.2 Å². The quantitative estimate of drug-likeness (QED) is 0.851. The predicted molar refractivity (Wildman–Crippen MR) is 99.0 cm³/mol. The molecule has 0 radical (unpaired) electrons. The van der Waals surface area contributed by atoms with Crippen LogP contribution in [0.3, 0.4) is 0 Å². The molecule has 1 saturated carbocycles.